The summed E-state index contributed by atoms with van der Waals surface area (Å²) in [4.78, 5) is 15.5. The molecule has 0 amide bonds. The van der Waals surface area contributed by atoms with E-state index in [0.717, 1.165) is 95.7 Å². The molecule has 3 heterocycles. The fourth-order valence-electron chi connectivity index (χ4n) is 7.18. The summed E-state index contributed by atoms with van der Waals surface area (Å²) < 4.78 is 12.8. The van der Waals surface area contributed by atoms with Crippen LogP contribution in [-0.4, -0.2) is 15.0 Å². The summed E-state index contributed by atoms with van der Waals surface area (Å²) in [6.07, 6.45) is 3.77. The lowest BCUT2D eigenvalue weighted by Gasteiger charge is -2.15. The van der Waals surface area contributed by atoms with Gasteiger partial charge in [-0.3, -0.25) is 0 Å². The smallest absolute Gasteiger partial charge is 0.164 e. The fourth-order valence-corrected chi connectivity index (χ4v) is 7.18. The van der Waals surface area contributed by atoms with Gasteiger partial charge in [-0.2, -0.15) is 0 Å². The average molecular weight is 618 g/mol. The van der Waals surface area contributed by atoms with Crippen molar-refractivity contribution >= 4 is 55.3 Å². The number of para-hydroxylation sites is 1. The Labute approximate surface area is 275 Å². The highest BCUT2D eigenvalue weighted by atomic mass is 16.3. The van der Waals surface area contributed by atoms with E-state index in [2.05, 4.69) is 97.1 Å². The maximum Gasteiger partial charge on any atom is 0.164 e. The van der Waals surface area contributed by atoms with Crippen molar-refractivity contribution in [2.24, 2.45) is 0 Å². The monoisotopic (exact) mass is 617 g/mol. The summed E-state index contributed by atoms with van der Waals surface area (Å²) in [6.45, 7) is 0. The van der Waals surface area contributed by atoms with Gasteiger partial charge in [-0.05, 0) is 52.8 Å². The van der Waals surface area contributed by atoms with E-state index in [9.17, 15) is 0 Å². The molecule has 1 aliphatic rings. The van der Waals surface area contributed by atoms with Crippen molar-refractivity contribution in [3.63, 3.8) is 0 Å². The highest BCUT2D eigenvalue weighted by molar-refractivity contribution is 6.21. The number of allylic oxidation sites excluding steroid dienone is 1. The summed E-state index contributed by atoms with van der Waals surface area (Å²) in [5.41, 5.74) is 8.96. The van der Waals surface area contributed by atoms with Gasteiger partial charge in [-0.25, -0.2) is 15.0 Å². The zero-order valence-electron chi connectivity index (χ0n) is 25.9. The Kier molecular flexibility index (Phi) is 5.93. The predicted molar refractivity (Wildman–Crippen MR) is 193 cm³/mol. The Balaban J connectivity index is 1.25. The van der Waals surface area contributed by atoms with E-state index in [1.54, 1.807) is 0 Å². The molecule has 5 heteroatoms. The SMILES string of the molecule is C1=C(c2nc(-c3ccccc3)nc(-c3cc4c(oc5cccc(-c6ccccc6)c54)c4ccccc34)n2)CCc2oc3ccccc3c21. The van der Waals surface area contributed by atoms with Gasteiger partial charge >= 0.3 is 0 Å². The number of benzene rings is 6. The molecule has 9 aromatic rings. The van der Waals surface area contributed by atoms with Crippen LogP contribution in [0.4, 0.5) is 0 Å². The molecule has 0 saturated carbocycles. The van der Waals surface area contributed by atoms with Crippen LogP contribution in [0.1, 0.15) is 23.6 Å². The molecule has 0 saturated heterocycles. The Hall–Kier alpha value is -6.33. The first kappa shape index (κ1) is 26.8. The second-order valence-electron chi connectivity index (χ2n) is 12.3. The van der Waals surface area contributed by atoms with Crippen molar-refractivity contribution in [3.8, 4) is 33.9 Å². The van der Waals surface area contributed by atoms with E-state index in [1.807, 2.05) is 42.5 Å². The zero-order chi connectivity index (χ0) is 31.6. The summed E-state index contributed by atoms with van der Waals surface area (Å²) in [7, 11) is 0. The minimum Gasteiger partial charge on any atom is -0.460 e. The second kappa shape index (κ2) is 10.6. The number of fused-ring (bicyclic) bond motifs is 8. The van der Waals surface area contributed by atoms with Gasteiger partial charge in [0, 0.05) is 44.7 Å². The van der Waals surface area contributed by atoms with E-state index < -0.39 is 0 Å². The molecule has 0 fully saturated rings. The molecule has 0 bridgehead atoms. The fraction of sp³-hybridized carbons (Fsp3) is 0.0465. The van der Waals surface area contributed by atoms with Gasteiger partial charge in [-0.15, -0.1) is 0 Å². The van der Waals surface area contributed by atoms with Gasteiger partial charge < -0.3 is 8.83 Å². The number of rotatable bonds is 4. The van der Waals surface area contributed by atoms with Crippen LogP contribution in [0.3, 0.4) is 0 Å². The first-order valence-corrected chi connectivity index (χ1v) is 16.2. The molecule has 5 nitrogen and oxygen atoms in total. The van der Waals surface area contributed by atoms with Gasteiger partial charge in [-0.1, -0.05) is 115 Å². The Bertz CT molecular complexity index is 2720. The van der Waals surface area contributed by atoms with E-state index >= 15 is 0 Å². The van der Waals surface area contributed by atoms with Gasteiger partial charge in [0.2, 0.25) is 0 Å². The third kappa shape index (κ3) is 4.21. The highest BCUT2D eigenvalue weighted by Crippen LogP contribution is 2.43. The molecular weight excluding hydrogens is 590 g/mol. The van der Waals surface area contributed by atoms with Crippen LogP contribution in [0.15, 0.2) is 142 Å². The van der Waals surface area contributed by atoms with Gasteiger partial charge in [0.15, 0.2) is 17.5 Å². The molecule has 0 radical (unpaired) electrons. The standard InChI is InChI=1S/C43H27N3O2/c1-3-12-26(13-4-1)29-19-11-21-38-39(29)35-25-34(30-16-7-8-18-32(30)40(35)48-38)43-45-41(27-14-5-2-6-15-27)44-42(46-43)28-22-23-37-33(24-28)31-17-9-10-20-36(31)47-37/h1-21,24-25H,22-23H2. The molecule has 1 aliphatic carbocycles. The lowest BCUT2D eigenvalue weighted by molar-refractivity contribution is 0.547. The number of aryl methyl sites for hydroxylation is 1. The summed E-state index contributed by atoms with van der Waals surface area (Å²) >= 11 is 0. The number of hydrogen-bond acceptors (Lipinski definition) is 5. The predicted octanol–water partition coefficient (Wildman–Crippen LogP) is 11.2. The van der Waals surface area contributed by atoms with Crippen molar-refractivity contribution < 1.29 is 8.83 Å². The van der Waals surface area contributed by atoms with E-state index in [-0.39, 0.29) is 0 Å². The number of hydrogen-bond donors (Lipinski definition) is 0. The first-order valence-electron chi connectivity index (χ1n) is 16.2. The summed E-state index contributed by atoms with van der Waals surface area (Å²) in [5.74, 6) is 2.97. The maximum absolute atomic E-state index is 6.62. The molecule has 0 spiro atoms. The molecule has 3 aromatic heterocycles. The van der Waals surface area contributed by atoms with Gasteiger partial charge in [0.05, 0.1) is 0 Å². The highest BCUT2D eigenvalue weighted by Gasteiger charge is 2.23. The quantitative estimate of drug-likeness (QED) is 0.197. The molecule has 0 aliphatic heterocycles. The normalized spacial score (nSPS) is 13.0. The maximum atomic E-state index is 6.62. The van der Waals surface area contributed by atoms with E-state index in [0.29, 0.717) is 17.5 Å². The van der Waals surface area contributed by atoms with Crippen LogP contribution in [-0.2, 0) is 6.42 Å². The first-order chi connectivity index (χ1) is 23.8. The van der Waals surface area contributed by atoms with E-state index in [1.165, 1.54) is 0 Å². The number of nitrogens with zero attached hydrogens (tertiary/aromatic N) is 3. The van der Waals surface area contributed by atoms with Crippen molar-refractivity contribution in [1.82, 2.24) is 15.0 Å². The molecule has 0 unspecified atom stereocenters. The van der Waals surface area contributed by atoms with Crippen LogP contribution in [0.2, 0.25) is 0 Å². The number of furan rings is 2. The van der Waals surface area contributed by atoms with Crippen molar-refractivity contribution in [3.05, 3.63) is 151 Å². The van der Waals surface area contributed by atoms with Crippen LogP contribution in [0, 0.1) is 0 Å². The summed E-state index contributed by atoms with van der Waals surface area (Å²) in [6, 6.07) is 45.7. The second-order valence-corrected chi connectivity index (χ2v) is 12.3. The minimum absolute atomic E-state index is 0.632. The Morgan fingerprint density at radius 1 is 0.458 bits per heavy atom. The van der Waals surface area contributed by atoms with Crippen molar-refractivity contribution in [2.75, 3.05) is 0 Å². The molecule has 0 N–H and O–H groups in total. The van der Waals surface area contributed by atoms with Crippen LogP contribution < -0.4 is 0 Å². The lowest BCUT2D eigenvalue weighted by atomic mass is 9.95. The third-order valence-electron chi connectivity index (χ3n) is 9.43. The lowest BCUT2D eigenvalue weighted by Crippen LogP contribution is -2.05. The topological polar surface area (TPSA) is 65.0 Å². The Morgan fingerprint density at radius 2 is 1.12 bits per heavy atom. The molecule has 226 valence electrons. The van der Waals surface area contributed by atoms with Gasteiger partial charge in [0.1, 0.15) is 22.5 Å². The van der Waals surface area contributed by atoms with Crippen LogP contribution in [0.5, 0.6) is 0 Å². The largest absolute Gasteiger partial charge is 0.460 e. The zero-order valence-corrected chi connectivity index (χ0v) is 25.9. The minimum atomic E-state index is 0.632. The van der Waals surface area contributed by atoms with Crippen molar-refractivity contribution in [2.45, 2.75) is 12.8 Å². The van der Waals surface area contributed by atoms with Crippen molar-refractivity contribution in [1.29, 1.82) is 0 Å². The molecule has 10 rings (SSSR count). The van der Waals surface area contributed by atoms with Gasteiger partial charge in [0.25, 0.3) is 0 Å². The summed E-state index contributed by atoms with van der Waals surface area (Å²) in [5, 5.41) is 5.28. The molecule has 6 aromatic carbocycles. The van der Waals surface area contributed by atoms with E-state index in [4.69, 9.17) is 23.8 Å². The third-order valence-corrected chi connectivity index (χ3v) is 9.43. The molecular formula is C43H27N3O2. The number of aromatic nitrogens is 3. The average Bonchev–Trinajstić information content (AvgIpc) is 3.73. The molecule has 48 heavy (non-hydrogen) atoms. The Morgan fingerprint density at radius 3 is 1.96 bits per heavy atom. The van der Waals surface area contributed by atoms with Crippen LogP contribution in [0.25, 0.3) is 89.2 Å². The molecule has 0 atom stereocenters. The van der Waals surface area contributed by atoms with Crippen LogP contribution >= 0.6 is 0 Å².